The smallest absolute Gasteiger partial charge is 0.211 e. The summed E-state index contributed by atoms with van der Waals surface area (Å²) in [5.74, 6) is 0.701. The summed E-state index contributed by atoms with van der Waals surface area (Å²) in [5, 5.41) is 20.4. The zero-order valence-electron chi connectivity index (χ0n) is 13.1. The SMILES string of the molecule is OC1Nc2cn[nH]c2-c2nc3cc(CN4CCOCC4)ccc3n21. The molecule has 2 aliphatic heterocycles. The number of imidazole rings is 1. The number of hydrogen-bond acceptors (Lipinski definition) is 6. The van der Waals surface area contributed by atoms with Crippen LogP contribution >= 0.6 is 0 Å². The highest BCUT2D eigenvalue weighted by molar-refractivity contribution is 5.84. The maximum Gasteiger partial charge on any atom is 0.211 e. The van der Waals surface area contributed by atoms with Crippen molar-refractivity contribution in [1.29, 1.82) is 0 Å². The van der Waals surface area contributed by atoms with Gasteiger partial charge in [-0.2, -0.15) is 5.10 Å². The Hall–Kier alpha value is -2.42. The Morgan fingerprint density at radius 2 is 2.17 bits per heavy atom. The standard InChI is InChI=1S/C16H18N6O2/c23-16-19-12-8-17-20-14(12)15-18-11-7-10(1-2-13(11)22(15)16)9-21-3-5-24-6-4-21/h1-2,7-8,16,19,23H,3-6,9H2,(H,17,20). The zero-order chi connectivity index (χ0) is 16.1. The average molecular weight is 326 g/mol. The number of rotatable bonds is 2. The Balaban J connectivity index is 1.55. The van der Waals surface area contributed by atoms with Crippen LogP contribution in [-0.4, -0.2) is 56.1 Å². The van der Waals surface area contributed by atoms with Crippen molar-refractivity contribution >= 4 is 16.7 Å². The molecular formula is C16H18N6O2. The van der Waals surface area contributed by atoms with Gasteiger partial charge in [-0.3, -0.25) is 14.6 Å². The van der Waals surface area contributed by atoms with Crippen LogP contribution < -0.4 is 5.32 Å². The van der Waals surface area contributed by atoms with Gasteiger partial charge in [0.2, 0.25) is 6.35 Å². The van der Waals surface area contributed by atoms with E-state index in [0.717, 1.165) is 55.3 Å². The van der Waals surface area contributed by atoms with Gasteiger partial charge in [0, 0.05) is 19.6 Å². The van der Waals surface area contributed by atoms with Crippen LogP contribution in [0, 0.1) is 0 Å². The lowest BCUT2D eigenvalue weighted by Gasteiger charge is -2.26. The Kier molecular flexibility index (Phi) is 3.09. The van der Waals surface area contributed by atoms with Gasteiger partial charge in [0.25, 0.3) is 0 Å². The molecule has 0 amide bonds. The quantitative estimate of drug-likeness (QED) is 0.654. The molecule has 0 saturated carbocycles. The summed E-state index contributed by atoms with van der Waals surface area (Å²) < 4.78 is 7.18. The number of aliphatic hydroxyl groups is 1. The normalized spacial score (nSPS) is 20.6. The molecule has 0 bridgehead atoms. The first-order chi connectivity index (χ1) is 11.8. The van der Waals surface area contributed by atoms with Crippen molar-refractivity contribution < 1.29 is 9.84 Å². The van der Waals surface area contributed by atoms with E-state index in [2.05, 4.69) is 32.5 Å². The molecule has 5 rings (SSSR count). The van der Waals surface area contributed by atoms with Gasteiger partial charge < -0.3 is 15.2 Å². The van der Waals surface area contributed by atoms with Crippen LogP contribution in [-0.2, 0) is 11.3 Å². The molecule has 24 heavy (non-hydrogen) atoms. The minimum absolute atomic E-state index is 0.701. The predicted molar refractivity (Wildman–Crippen MR) is 88.3 cm³/mol. The van der Waals surface area contributed by atoms with Crippen LogP contribution in [0.5, 0.6) is 0 Å². The number of nitrogens with zero attached hydrogens (tertiary/aromatic N) is 4. The van der Waals surface area contributed by atoms with Crippen molar-refractivity contribution in [2.75, 3.05) is 31.6 Å². The Morgan fingerprint density at radius 3 is 3.04 bits per heavy atom. The second-order valence-corrected chi connectivity index (χ2v) is 6.19. The van der Waals surface area contributed by atoms with E-state index in [1.807, 2.05) is 6.07 Å². The lowest BCUT2D eigenvalue weighted by molar-refractivity contribution is 0.0342. The lowest BCUT2D eigenvalue weighted by Crippen LogP contribution is -2.35. The topological polar surface area (TPSA) is 91.2 Å². The molecule has 124 valence electrons. The number of fused-ring (bicyclic) bond motifs is 5. The van der Waals surface area contributed by atoms with Gasteiger partial charge in [0.15, 0.2) is 5.82 Å². The molecule has 3 aromatic rings. The maximum atomic E-state index is 10.4. The number of aromatic nitrogens is 4. The summed E-state index contributed by atoms with van der Waals surface area (Å²) in [5.41, 5.74) is 4.55. The number of anilines is 1. The van der Waals surface area contributed by atoms with E-state index in [0.29, 0.717) is 5.82 Å². The highest BCUT2D eigenvalue weighted by Crippen LogP contribution is 2.36. The molecule has 2 aliphatic rings. The molecule has 3 N–H and O–H groups in total. The van der Waals surface area contributed by atoms with E-state index in [4.69, 9.17) is 9.72 Å². The Labute approximate surface area is 138 Å². The van der Waals surface area contributed by atoms with Crippen LogP contribution in [0.4, 0.5) is 5.69 Å². The molecule has 0 aliphatic carbocycles. The molecular weight excluding hydrogens is 308 g/mol. The number of morpholine rings is 1. The fraction of sp³-hybridized carbons (Fsp3) is 0.375. The lowest BCUT2D eigenvalue weighted by atomic mass is 10.2. The summed E-state index contributed by atoms with van der Waals surface area (Å²) in [6.07, 6.45) is 0.811. The number of aromatic amines is 1. The molecule has 1 fully saturated rings. The monoisotopic (exact) mass is 326 g/mol. The van der Waals surface area contributed by atoms with Gasteiger partial charge in [-0.25, -0.2) is 4.98 Å². The summed E-state index contributed by atoms with van der Waals surface area (Å²) in [4.78, 5) is 7.10. The van der Waals surface area contributed by atoms with Gasteiger partial charge in [0.05, 0.1) is 36.1 Å². The average Bonchev–Trinajstić information content (AvgIpc) is 3.19. The molecule has 0 radical (unpaired) electrons. The maximum absolute atomic E-state index is 10.4. The minimum atomic E-state index is -0.847. The van der Waals surface area contributed by atoms with Gasteiger partial charge in [-0.15, -0.1) is 0 Å². The molecule has 8 heteroatoms. The largest absolute Gasteiger partial charge is 0.379 e. The Bertz CT molecular complexity index is 895. The molecule has 1 aromatic carbocycles. The van der Waals surface area contributed by atoms with Crippen molar-refractivity contribution in [2.45, 2.75) is 12.9 Å². The molecule has 0 spiro atoms. The van der Waals surface area contributed by atoms with Crippen LogP contribution in [0.15, 0.2) is 24.4 Å². The number of nitrogens with one attached hydrogen (secondary N) is 2. The van der Waals surface area contributed by atoms with E-state index in [1.54, 1.807) is 10.8 Å². The molecule has 8 nitrogen and oxygen atoms in total. The molecule has 2 aromatic heterocycles. The summed E-state index contributed by atoms with van der Waals surface area (Å²) in [7, 11) is 0. The highest BCUT2D eigenvalue weighted by atomic mass is 16.5. The van der Waals surface area contributed by atoms with E-state index < -0.39 is 6.35 Å². The first kappa shape index (κ1) is 14.0. The van der Waals surface area contributed by atoms with Crippen molar-refractivity contribution in [3.63, 3.8) is 0 Å². The summed E-state index contributed by atoms with van der Waals surface area (Å²) in [6, 6.07) is 6.22. The van der Waals surface area contributed by atoms with Crippen LogP contribution in [0.3, 0.4) is 0 Å². The van der Waals surface area contributed by atoms with Crippen molar-refractivity contribution in [3.8, 4) is 11.5 Å². The first-order valence-corrected chi connectivity index (χ1v) is 8.09. The van der Waals surface area contributed by atoms with E-state index >= 15 is 0 Å². The van der Waals surface area contributed by atoms with E-state index in [-0.39, 0.29) is 0 Å². The van der Waals surface area contributed by atoms with Crippen LogP contribution in [0.25, 0.3) is 22.6 Å². The van der Waals surface area contributed by atoms with Crippen molar-refractivity contribution in [1.82, 2.24) is 24.6 Å². The second-order valence-electron chi connectivity index (χ2n) is 6.19. The third-order valence-electron chi connectivity index (χ3n) is 4.66. The Morgan fingerprint density at radius 1 is 1.29 bits per heavy atom. The fourth-order valence-corrected chi connectivity index (χ4v) is 3.45. The second kappa shape index (κ2) is 5.30. The highest BCUT2D eigenvalue weighted by Gasteiger charge is 2.27. The predicted octanol–water partition coefficient (Wildman–Crippen LogP) is 1.13. The summed E-state index contributed by atoms with van der Waals surface area (Å²) in [6.45, 7) is 4.39. The number of benzene rings is 1. The number of ether oxygens (including phenoxy) is 1. The van der Waals surface area contributed by atoms with Gasteiger partial charge in [-0.1, -0.05) is 6.07 Å². The van der Waals surface area contributed by atoms with Crippen LogP contribution in [0.2, 0.25) is 0 Å². The number of H-pyrrole nitrogens is 1. The van der Waals surface area contributed by atoms with Gasteiger partial charge >= 0.3 is 0 Å². The minimum Gasteiger partial charge on any atom is -0.379 e. The molecule has 1 unspecified atom stereocenters. The number of hydrogen-bond donors (Lipinski definition) is 3. The molecule has 1 saturated heterocycles. The van der Waals surface area contributed by atoms with Crippen molar-refractivity contribution in [3.05, 3.63) is 30.0 Å². The third kappa shape index (κ3) is 2.11. The molecule has 1 atom stereocenters. The van der Waals surface area contributed by atoms with E-state index in [9.17, 15) is 5.11 Å². The molecule has 4 heterocycles. The third-order valence-corrected chi connectivity index (χ3v) is 4.66. The van der Waals surface area contributed by atoms with Gasteiger partial charge in [-0.05, 0) is 17.7 Å². The van der Waals surface area contributed by atoms with Crippen molar-refractivity contribution in [2.24, 2.45) is 0 Å². The first-order valence-electron chi connectivity index (χ1n) is 8.09. The van der Waals surface area contributed by atoms with Gasteiger partial charge in [0.1, 0.15) is 5.69 Å². The summed E-state index contributed by atoms with van der Waals surface area (Å²) >= 11 is 0. The zero-order valence-corrected chi connectivity index (χ0v) is 13.1. The van der Waals surface area contributed by atoms with Crippen LogP contribution in [0.1, 0.15) is 11.9 Å². The number of aliphatic hydroxyl groups excluding tert-OH is 1. The van der Waals surface area contributed by atoms with E-state index in [1.165, 1.54) is 5.56 Å². The fourth-order valence-electron chi connectivity index (χ4n) is 3.45.